The maximum absolute atomic E-state index is 12.0. The molecule has 3 nitrogen and oxygen atoms in total. The summed E-state index contributed by atoms with van der Waals surface area (Å²) < 4.78 is 0. The van der Waals surface area contributed by atoms with Crippen LogP contribution in [0.2, 0.25) is 5.02 Å². The maximum atomic E-state index is 12.0. The van der Waals surface area contributed by atoms with Crippen LogP contribution in [0.4, 0.5) is 0 Å². The topological polar surface area (TPSA) is 52.9 Å². The molecule has 0 fully saturated rings. The molecule has 0 aliphatic rings. The Bertz CT molecular complexity index is 687. The summed E-state index contributed by atoms with van der Waals surface area (Å²) in [6.07, 6.45) is 1.54. The van der Waals surface area contributed by atoms with Crippen molar-refractivity contribution in [3.8, 4) is 6.07 Å². The molecule has 0 bridgehead atoms. The summed E-state index contributed by atoms with van der Waals surface area (Å²) in [4.78, 5) is 12.0. The van der Waals surface area contributed by atoms with Crippen molar-refractivity contribution in [1.29, 1.82) is 5.26 Å². The number of allylic oxidation sites excluding steroid dienone is 1. The normalized spacial score (nSPS) is 10.7. The van der Waals surface area contributed by atoms with E-state index >= 15 is 0 Å². The van der Waals surface area contributed by atoms with Crippen LogP contribution in [0.5, 0.6) is 0 Å². The number of benzene rings is 2. The van der Waals surface area contributed by atoms with Gasteiger partial charge in [-0.15, -0.1) is 0 Å². The lowest BCUT2D eigenvalue weighted by Gasteiger charge is -2.04. The van der Waals surface area contributed by atoms with Gasteiger partial charge in [0.2, 0.25) is 0 Å². The first-order valence-electron chi connectivity index (χ1n) is 5.93. The summed E-state index contributed by atoms with van der Waals surface area (Å²) in [5.74, 6) is -0.328. The highest BCUT2D eigenvalue weighted by atomic mass is 35.5. The number of halogens is 1. The van der Waals surface area contributed by atoms with Crippen LogP contribution < -0.4 is 5.32 Å². The van der Waals surface area contributed by atoms with Crippen molar-refractivity contribution in [1.82, 2.24) is 5.32 Å². The highest BCUT2D eigenvalue weighted by Gasteiger charge is 2.07. The van der Waals surface area contributed by atoms with Crippen molar-refractivity contribution in [2.75, 3.05) is 0 Å². The van der Waals surface area contributed by atoms with E-state index in [9.17, 15) is 4.79 Å². The van der Waals surface area contributed by atoms with Gasteiger partial charge in [-0.25, -0.2) is 0 Å². The van der Waals surface area contributed by atoms with Gasteiger partial charge in [-0.05, 0) is 29.8 Å². The molecule has 0 unspecified atom stereocenters. The van der Waals surface area contributed by atoms with Gasteiger partial charge in [0.05, 0.1) is 0 Å². The first-order chi connectivity index (χ1) is 9.70. The molecular formula is C16H11ClN2O. The molecule has 0 aliphatic heterocycles. The van der Waals surface area contributed by atoms with Gasteiger partial charge in [-0.2, -0.15) is 5.26 Å². The molecule has 98 valence electrons. The monoisotopic (exact) mass is 282 g/mol. The van der Waals surface area contributed by atoms with Crippen LogP contribution >= 0.6 is 11.6 Å². The van der Waals surface area contributed by atoms with Gasteiger partial charge in [-0.3, -0.25) is 4.79 Å². The second-order valence-corrected chi connectivity index (χ2v) is 4.42. The molecule has 1 amide bonds. The smallest absolute Gasteiger partial charge is 0.256 e. The third-order valence-corrected chi connectivity index (χ3v) is 2.95. The van der Waals surface area contributed by atoms with Crippen molar-refractivity contribution in [3.05, 3.63) is 76.4 Å². The van der Waals surface area contributed by atoms with E-state index in [2.05, 4.69) is 5.32 Å². The largest absolute Gasteiger partial charge is 0.313 e. The SMILES string of the molecule is N#CC(=Cc1ccccc1Cl)NC(=O)c1ccccc1. The standard InChI is InChI=1S/C16H11ClN2O/c17-15-9-5-4-8-13(15)10-14(11-18)19-16(20)12-6-2-1-3-7-12/h1-10H,(H,19,20). The fourth-order valence-corrected chi connectivity index (χ4v) is 1.82. The quantitative estimate of drug-likeness (QED) is 0.874. The predicted molar refractivity (Wildman–Crippen MR) is 79.0 cm³/mol. The maximum Gasteiger partial charge on any atom is 0.256 e. The number of nitrogens with zero attached hydrogens (tertiary/aromatic N) is 1. The molecule has 2 aromatic rings. The molecule has 0 aliphatic carbocycles. The second-order valence-electron chi connectivity index (χ2n) is 4.01. The van der Waals surface area contributed by atoms with Crippen LogP contribution in [0.25, 0.3) is 6.08 Å². The fourth-order valence-electron chi connectivity index (χ4n) is 1.63. The molecule has 0 spiro atoms. The van der Waals surface area contributed by atoms with Crippen LogP contribution in [0, 0.1) is 11.3 Å². The van der Waals surface area contributed by atoms with Crippen LogP contribution in [-0.2, 0) is 0 Å². The lowest BCUT2D eigenvalue weighted by Crippen LogP contribution is -2.21. The molecule has 20 heavy (non-hydrogen) atoms. The second kappa shape index (κ2) is 6.55. The Kier molecular flexibility index (Phi) is 4.54. The van der Waals surface area contributed by atoms with E-state index in [0.717, 1.165) is 0 Å². The first kappa shape index (κ1) is 13.9. The van der Waals surface area contributed by atoms with Crippen molar-refractivity contribution >= 4 is 23.6 Å². The van der Waals surface area contributed by atoms with E-state index in [4.69, 9.17) is 16.9 Å². The van der Waals surface area contributed by atoms with E-state index in [0.29, 0.717) is 16.1 Å². The number of nitrogens with one attached hydrogen (secondary N) is 1. The molecule has 2 aromatic carbocycles. The van der Waals surface area contributed by atoms with Crippen molar-refractivity contribution in [2.45, 2.75) is 0 Å². The van der Waals surface area contributed by atoms with Crippen LogP contribution in [0.3, 0.4) is 0 Å². The number of carbonyl (C=O) groups excluding carboxylic acids is 1. The number of hydrogen-bond donors (Lipinski definition) is 1. The minimum Gasteiger partial charge on any atom is -0.313 e. The predicted octanol–water partition coefficient (Wildman–Crippen LogP) is 3.63. The van der Waals surface area contributed by atoms with Gasteiger partial charge in [0.15, 0.2) is 0 Å². The summed E-state index contributed by atoms with van der Waals surface area (Å²) in [6.45, 7) is 0. The highest BCUT2D eigenvalue weighted by Crippen LogP contribution is 2.17. The highest BCUT2D eigenvalue weighted by molar-refractivity contribution is 6.32. The molecule has 0 atom stereocenters. The molecule has 0 saturated carbocycles. The Hall–Kier alpha value is -2.57. The summed E-state index contributed by atoms with van der Waals surface area (Å²) in [5.41, 5.74) is 1.32. The van der Waals surface area contributed by atoms with Gasteiger partial charge < -0.3 is 5.32 Å². The summed E-state index contributed by atoms with van der Waals surface area (Å²) in [5, 5.41) is 12.2. The average molecular weight is 283 g/mol. The van der Waals surface area contributed by atoms with Gasteiger partial charge in [0.1, 0.15) is 11.8 Å². The molecule has 0 saturated heterocycles. The third-order valence-electron chi connectivity index (χ3n) is 2.61. The summed E-state index contributed by atoms with van der Waals surface area (Å²) >= 11 is 6.01. The lowest BCUT2D eigenvalue weighted by atomic mass is 10.2. The van der Waals surface area contributed by atoms with Crippen LogP contribution in [0.1, 0.15) is 15.9 Å². The Labute approximate surface area is 122 Å². The molecular weight excluding hydrogens is 272 g/mol. The van der Waals surface area contributed by atoms with E-state index < -0.39 is 0 Å². The van der Waals surface area contributed by atoms with Crippen LogP contribution in [-0.4, -0.2) is 5.91 Å². The van der Waals surface area contributed by atoms with Crippen LogP contribution in [0.15, 0.2) is 60.3 Å². The Balaban J connectivity index is 2.21. The van der Waals surface area contributed by atoms with E-state index in [1.807, 2.05) is 18.2 Å². The Morgan fingerprint density at radius 1 is 1.10 bits per heavy atom. The molecule has 2 rings (SSSR count). The molecule has 0 heterocycles. The van der Waals surface area contributed by atoms with Crippen molar-refractivity contribution < 1.29 is 4.79 Å². The Morgan fingerprint density at radius 3 is 2.40 bits per heavy atom. The number of hydrogen-bond acceptors (Lipinski definition) is 2. The fraction of sp³-hybridized carbons (Fsp3) is 0. The minimum absolute atomic E-state index is 0.145. The van der Waals surface area contributed by atoms with Gasteiger partial charge in [0.25, 0.3) is 5.91 Å². The van der Waals surface area contributed by atoms with E-state index in [-0.39, 0.29) is 11.6 Å². The first-order valence-corrected chi connectivity index (χ1v) is 6.31. The van der Waals surface area contributed by atoms with E-state index in [1.165, 1.54) is 0 Å². The van der Waals surface area contributed by atoms with Crippen molar-refractivity contribution in [2.24, 2.45) is 0 Å². The number of rotatable bonds is 3. The van der Waals surface area contributed by atoms with E-state index in [1.54, 1.807) is 48.5 Å². The lowest BCUT2D eigenvalue weighted by molar-refractivity contribution is 0.0968. The van der Waals surface area contributed by atoms with Crippen molar-refractivity contribution in [3.63, 3.8) is 0 Å². The zero-order valence-corrected chi connectivity index (χ0v) is 11.3. The molecule has 0 aromatic heterocycles. The van der Waals surface area contributed by atoms with Gasteiger partial charge in [-0.1, -0.05) is 48.0 Å². The average Bonchev–Trinajstić information content (AvgIpc) is 2.49. The number of amides is 1. The molecule has 0 radical (unpaired) electrons. The summed E-state index contributed by atoms with van der Waals surface area (Å²) in [6, 6.07) is 17.8. The van der Waals surface area contributed by atoms with Gasteiger partial charge >= 0.3 is 0 Å². The zero-order valence-electron chi connectivity index (χ0n) is 10.5. The minimum atomic E-state index is -0.328. The number of nitriles is 1. The summed E-state index contributed by atoms with van der Waals surface area (Å²) in [7, 11) is 0. The van der Waals surface area contributed by atoms with Gasteiger partial charge in [0, 0.05) is 10.6 Å². The third kappa shape index (κ3) is 3.47. The zero-order chi connectivity index (χ0) is 14.4. The number of carbonyl (C=O) groups is 1. The molecule has 4 heteroatoms. The molecule has 1 N–H and O–H groups in total. The Morgan fingerprint density at radius 2 is 1.75 bits per heavy atom.